The summed E-state index contributed by atoms with van der Waals surface area (Å²) in [6, 6.07) is 0.842. The molecule has 1 aromatic heterocycles. The van der Waals surface area contributed by atoms with Crippen LogP contribution >= 0.6 is 15.9 Å². The van der Waals surface area contributed by atoms with E-state index in [0.29, 0.717) is 0 Å². The molecule has 0 saturated heterocycles. The van der Waals surface area contributed by atoms with Crippen molar-refractivity contribution < 1.29 is 0 Å². The van der Waals surface area contributed by atoms with Crippen LogP contribution in [0.1, 0.15) is 31.5 Å². The quantitative estimate of drug-likeness (QED) is 0.722. The summed E-state index contributed by atoms with van der Waals surface area (Å²) in [4.78, 5) is 7.05. The zero-order valence-electron chi connectivity index (χ0n) is 10.6. The minimum absolute atomic E-state index is 0.842. The van der Waals surface area contributed by atoms with Gasteiger partial charge in [0.2, 0.25) is 0 Å². The monoisotopic (exact) mass is 299 g/mol. The summed E-state index contributed by atoms with van der Waals surface area (Å²) in [5.74, 6) is 1.20. The smallest absolute Gasteiger partial charge is 0.109 e. The number of imidazole rings is 1. The van der Waals surface area contributed by atoms with E-state index in [4.69, 9.17) is 0 Å². The Morgan fingerprint density at radius 1 is 1.47 bits per heavy atom. The van der Waals surface area contributed by atoms with Crippen LogP contribution in [-0.4, -0.2) is 38.9 Å². The topological polar surface area (TPSA) is 21.1 Å². The number of rotatable bonds is 7. The predicted molar refractivity (Wildman–Crippen MR) is 74.5 cm³/mol. The van der Waals surface area contributed by atoms with Gasteiger partial charge in [-0.1, -0.05) is 22.4 Å². The fourth-order valence-electron chi connectivity index (χ4n) is 2.37. The zero-order chi connectivity index (χ0) is 12.1. The van der Waals surface area contributed by atoms with Gasteiger partial charge in [-0.2, -0.15) is 0 Å². The van der Waals surface area contributed by atoms with Gasteiger partial charge in [-0.25, -0.2) is 4.98 Å². The Balaban J connectivity index is 1.82. The molecular formula is C13H22BrN3. The lowest BCUT2D eigenvalue weighted by Gasteiger charge is -2.37. The normalized spacial score (nSPS) is 16.4. The van der Waals surface area contributed by atoms with Gasteiger partial charge in [-0.3, -0.25) is 4.90 Å². The number of hydrogen-bond donors (Lipinski definition) is 0. The Bertz CT molecular complexity index is 333. The number of nitrogens with zero attached hydrogens (tertiary/aromatic N) is 3. The average molecular weight is 300 g/mol. The van der Waals surface area contributed by atoms with Gasteiger partial charge in [0.05, 0.1) is 0 Å². The van der Waals surface area contributed by atoms with Gasteiger partial charge in [0.1, 0.15) is 5.82 Å². The first-order valence-electron chi connectivity index (χ1n) is 6.57. The van der Waals surface area contributed by atoms with Crippen LogP contribution in [0.2, 0.25) is 0 Å². The van der Waals surface area contributed by atoms with E-state index in [0.717, 1.165) is 24.3 Å². The molecule has 0 aromatic carbocycles. The Morgan fingerprint density at radius 2 is 2.29 bits per heavy atom. The Kier molecular flexibility index (Phi) is 5.04. The second-order valence-electron chi connectivity index (χ2n) is 4.87. The molecular weight excluding hydrogens is 278 g/mol. The number of halogens is 1. The summed E-state index contributed by atoms with van der Waals surface area (Å²) in [5, 5.41) is 1.11. The molecule has 0 aliphatic heterocycles. The van der Waals surface area contributed by atoms with E-state index >= 15 is 0 Å². The fraction of sp³-hybridized carbons (Fsp3) is 0.769. The van der Waals surface area contributed by atoms with Crippen molar-refractivity contribution in [3.05, 3.63) is 18.2 Å². The lowest BCUT2D eigenvalue weighted by Crippen LogP contribution is -2.42. The predicted octanol–water partition coefficient (Wildman–Crippen LogP) is 2.60. The summed E-state index contributed by atoms with van der Waals surface area (Å²) < 4.78 is 2.13. The summed E-state index contributed by atoms with van der Waals surface area (Å²) >= 11 is 3.53. The molecule has 1 heterocycles. The van der Waals surface area contributed by atoms with E-state index in [9.17, 15) is 0 Å². The molecule has 0 unspecified atom stereocenters. The van der Waals surface area contributed by atoms with Crippen LogP contribution in [0, 0.1) is 0 Å². The molecule has 0 amide bonds. The molecule has 96 valence electrons. The first-order chi connectivity index (χ1) is 8.31. The second-order valence-corrected chi connectivity index (χ2v) is 5.66. The minimum Gasteiger partial charge on any atom is -0.338 e. The Hall–Kier alpha value is -0.350. The van der Waals surface area contributed by atoms with E-state index in [-0.39, 0.29) is 0 Å². The molecule has 0 spiro atoms. The van der Waals surface area contributed by atoms with Crippen LogP contribution in [-0.2, 0) is 13.5 Å². The molecule has 1 aromatic rings. The summed E-state index contributed by atoms with van der Waals surface area (Å²) in [5.41, 5.74) is 0. The highest BCUT2D eigenvalue weighted by Crippen LogP contribution is 2.25. The minimum atomic E-state index is 0.842. The van der Waals surface area contributed by atoms with Crippen molar-refractivity contribution in [1.82, 2.24) is 14.5 Å². The van der Waals surface area contributed by atoms with Gasteiger partial charge in [-0.15, -0.1) is 0 Å². The summed E-state index contributed by atoms with van der Waals surface area (Å²) in [6.07, 6.45) is 10.4. The second kappa shape index (κ2) is 6.55. The van der Waals surface area contributed by atoms with Gasteiger partial charge < -0.3 is 4.57 Å². The summed E-state index contributed by atoms with van der Waals surface area (Å²) in [7, 11) is 2.08. The van der Waals surface area contributed by atoms with Crippen molar-refractivity contribution in [3.63, 3.8) is 0 Å². The van der Waals surface area contributed by atoms with Gasteiger partial charge in [0.25, 0.3) is 0 Å². The van der Waals surface area contributed by atoms with E-state index in [1.54, 1.807) is 0 Å². The molecule has 1 aliphatic rings. The highest BCUT2D eigenvalue weighted by Gasteiger charge is 2.24. The average Bonchev–Trinajstić information content (AvgIpc) is 2.65. The van der Waals surface area contributed by atoms with Crippen LogP contribution in [0.15, 0.2) is 12.4 Å². The zero-order valence-corrected chi connectivity index (χ0v) is 12.2. The van der Waals surface area contributed by atoms with Gasteiger partial charge in [0, 0.05) is 43.8 Å². The maximum atomic E-state index is 4.40. The first-order valence-corrected chi connectivity index (χ1v) is 7.69. The maximum Gasteiger partial charge on any atom is 0.109 e. The summed E-state index contributed by atoms with van der Waals surface area (Å²) in [6.45, 7) is 2.38. The molecule has 1 saturated carbocycles. The molecule has 17 heavy (non-hydrogen) atoms. The molecule has 0 bridgehead atoms. The van der Waals surface area contributed by atoms with Gasteiger partial charge in [0.15, 0.2) is 0 Å². The van der Waals surface area contributed by atoms with Crippen molar-refractivity contribution in [1.29, 1.82) is 0 Å². The third kappa shape index (κ3) is 3.55. The number of hydrogen-bond acceptors (Lipinski definition) is 2. The molecule has 1 fully saturated rings. The molecule has 0 N–H and O–H groups in total. The van der Waals surface area contributed by atoms with Crippen molar-refractivity contribution in [2.75, 3.05) is 18.4 Å². The van der Waals surface area contributed by atoms with E-state index < -0.39 is 0 Å². The highest BCUT2D eigenvalue weighted by atomic mass is 79.9. The number of aromatic nitrogens is 2. The lowest BCUT2D eigenvalue weighted by molar-refractivity contribution is 0.128. The van der Waals surface area contributed by atoms with Crippen molar-refractivity contribution in [2.24, 2.45) is 7.05 Å². The van der Waals surface area contributed by atoms with Crippen LogP contribution in [0.5, 0.6) is 0 Å². The maximum absolute atomic E-state index is 4.40. The first kappa shape index (κ1) is 13.1. The van der Waals surface area contributed by atoms with Crippen molar-refractivity contribution in [2.45, 2.75) is 38.1 Å². The molecule has 0 atom stereocenters. The third-order valence-electron chi connectivity index (χ3n) is 3.71. The standard InChI is InChI=1S/C13H22BrN3/c1-16-11-8-15-13(16)6-10-17(9-3-7-14)12-4-2-5-12/h8,11-12H,2-7,9-10H2,1H3. The van der Waals surface area contributed by atoms with Crippen molar-refractivity contribution in [3.8, 4) is 0 Å². The fourth-order valence-corrected chi connectivity index (χ4v) is 2.62. The van der Waals surface area contributed by atoms with Gasteiger partial charge in [-0.05, 0) is 25.8 Å². The molecule has 4 heteroatoms. The molecule has 0 radical (unpaired) electrons. The molecule has 3 nitrogen and oxygen atoms in total. The molecule has 2 rings (SSSR count). The van der Waals surface area contributed by atoms with Crippen molar-refractivity contribution >= 4 is 15.9 Å². The lowest BCUT2D eigenvalue weighted by atomic mass is 9.91. The van der Waals surface area contributed by atoms with E-state index in [2.05, 4.69) is 37.4 Å². The van der Waals surface area contributed by atoms with Crippen LogP contribution in [0.3, 0.4) is 0 Å². The van der Waals surface area contributed by atoms with Crippen LogP contribution < -0.4 is 0 Å². The largest absolute Gasteiger partial charge is 0.338 e. The number of alkyl halides is 1. The van der Waals surface area contributed by atoms with E-state index in [1.165, 1.54) is 38.1 Å². The molecule has 1 aliphatic carbocycles. The SMILES string of the molecule is Cn1ccnc1CCN(CCCBr)C1CCC1. The van der Waals surface area contributed by atoms with Crippen LogP contribution in [0.25, 0.3) is 0 Å². The Morgan fingerprint density at radius 3 is 2.82 bits per heavy atom. The Labute approximate surface area is 112 Å². The third-order valence-corrected chi connectivity index (χ3v) is 4.27. The van der Waals surface area contributed by atoms with Crippen LogP contribution in [0.4, 0.5) is 0 Å². The highest BCUT2D eigenvalue weighted by molar-refractivity contribution is 9.09. The van der Waals surface area contributed by atoms with E-state index in [1.807, 2.05) is 12.4 Å². The van der Waals surface area contributed by atoms with Gasteiger partial charge >= 0.3 is 0 Å². The number of aryl methyl sites for hydroxylation is 1.